The molecule has 1 nitrogen and oxygen atoms in total. The molecular weight excluding hydrogens is 227 g/mol. The lowest BCUT2D eigenvalue weighted by Crippen LogP contribution is -2.06. The van der Waals surface area contributed by atoms with Gasteiger partial charge >= 0.3 is 0 Å². The fourth-order valence-electron chi connectivity index (χ4n) is 1.41. The van der Waals surface area contributed by atoms with Gasteiger partial charge in [-0.2, -0.15) is 0 Å². The van der Waals surface area contributed by atoms with Crippen LogP contribution in [0, 0.1) is 0 Å². The minimum Gasteiger partial charge on any atom is -0.388 e. The lowest BCUT2D eigenvalue weighted by molar-refractivity contribution is 0.170. The van der Waals surface area contributed by atoms with Crippen LogP contribution in [0.4, 0.5) is 0 Å². The molecule has 2 rings (SSSR count). The van der Waals surface area contributed by atoms with E-state index in [4.69, 9.17) is 23.2 Å². The van der Waals surface area contributed by atoms with Gasteiger partial charge in [-0.05, 0) is 24.1 Å². The van der Waals surface area contributed by atoms with Crippen molar-refractivity contribution >= 4 is 35.0 Å². The van der Waals surface area contributed by atoms with E-state index in [1.54, 1.807) is 23.9 Å². The Hall–Kier alpha value is 0.110. The maximum Gasteiger partial charge on any atom is 0.0809 e. The SMILES string of the molecule is OC1CCSc2c(Cl)cc(Cl)cc21. The molecule has 0 saturated carbocycles. The van der Waals surface area contributed by atoms with E-state index in [1.807, 2.05) is 0 Å². The molecule has 1 aromatic carbocycles. The Balaban J connectivity index is 2.56. The van der Waals surface area contributed by atoms with Gasteiger partial charge in [-0.15, -0.1) is 11.8 Å². The molecule has 1 atom stereocenters. The highest BCUT2D eigenvalue weighted by Crippen LogP contribution is 2.41. The average molecular weight is 235 g/mol. The van der Waals surface area contributed by atoms with Crippen LogP contribution in [0.3, 0.4) is 0 Å². The summed E-state index contributed by atoms with van der Waals surface area (Å²) in [5.74, 6) is 0.912. The molecule has 1 N–H and O–H groups in total. The number of hydrogen-bond donors (Lipinski definition) is 1. The van der Waals surface area contributed by atoms with Crippen molar-refractivity contribution in [1.82, 2.24) is 0 Å². The standard InChI is InChI=1S/C9H8Cl2OS/c10-5-3-6-8(12)1-2-13-9(6)7(11)4-5/h3-4,8,12H,1-2H2. The van der Waals surface area contributed by atoms with Crippen molar-refractivity contribution in [2.45, 2.75) is 17.4 Å². The van der Waals surface area contributed by atoms with E-state index in [2.05, 4.69) is 0 Å². The van der Waals surface area contributed by atoms with E-state index in [1.165, 1.54) is 0 Å². The number of halogens is 2. The van der Waals surface area contributed by atoms with Crippen LogP contribution in [0.5, 0.6) is 0 Å². The van der Waals surface area contributed by atoms with Crippen LogP contribution in [0.1, 0.15) is 18.1 Å². The first-order chi connectivity index (χ1) is 6.18. The highest BCUT2D eigenvalue weighted by molar-refractivity contribution is 7.99. The van der Waals surface area contributed by atoms with Crippen LogP contribution in [0.15, 0.2) is 17.0 Å². The maximum atomic E-state index is 9.68. The number of rotatable bonds is 0. The van der Waals surface area contributed by atoms with Crippen molar-refractivity contribution < 1.29 is 5.11 Å². The third-order valence-electron chi connectivity index (χ3n) is 2.03. The third-order valence-corrected chi connectivity index (χ3v) is 3.85. The largest absolute Gasteiger partial charge is 0.388 e. The predicted octanol–water partition coefficient (Wildman–Crippen LogP) is 3.52. The molecule has 1 aromatic rings. The van der Waals surface area contributed by atoms with Gasteiger partial charge in [0.1, 0.15) is 0 Å². The van der Waals surface area contributed by atoms with Crippen molar-refractivity contribution in [1.29, 1.82) is 0 Å². The maximum absolute atomic E-state index is 9.68. The summed E-state index contributed by atoms with van der Waals surface area (Å²) in [6.07, 6.45) is 0.362. The Labute approximate surface area is 91.0 Å². The Morgan fingerprint density at radius 1 is 1.38 bits per heavy atom. The Bertz CT molecular complexity index is 341. The van der Waals surface area contributed by atoms with Crippen LogP contribution < -0.4 is 0 Å². The van der Waals surface area contributed by atoms with Crippen LogP contribution in [0.25, 0.3) is 0 Å². The summed E-state index contributed by atoms with van der Waals surface area (Å²) in [6, 6.07) is 3.51. The Morgan fingerprint density at radius 3 is 2.92 bits per heavy atom. The molecule has 4 heteroatoms. The van der Waals surface area contributed by atoms with Gasteiger partial charge in [0.25, 0.3) is 0 Å². The molecule has 0 bridgehead atoms. The van der Waals surface area contributed by atoms with E-state index < -0.39 is 6.10 Å². The quantitative estimate of drug-likeness (QED) is 0.742. The van der Waals surface area contributed by atoms with Crippen molar-refractivity contribution in [2.24, 2.45) is 0 Å². The number of benzene rings is 1. The van der Waals surface area contributed by atoms with E-state index in [9.17, 15) is 5.11 Å². The van der Waals surface area contributed by atoms with Crippen LogP contribution in [-0.2, 0) is 0 Å². The zero-order valence-corrected chi connectivity index (χ0v) is 9.09. The first-order valence-electron chi connectivity index (χ1n) is 3.98. The zero-order valence-electron chi connectivity index (χ0n) is 6.76. The number of hydrogen-bond acceptors (Lipinski definition) is 2. The summed E-state index contributed by atoms with van der Waals surface area (Å²) in [6.45, 7) is 0. The number of fused-ring (bicyclic) bond motifs is 1. The monoisotopic (exact) mass is 234 g/mol. The van der Waals surface area contributed by atoms with Crippen molar-refractivity contribution in [3.8, 4) is 0 Å². The molecule has 0 spiro atoms. The van der Waals surface area contributed by atoms with Gasteiger partial charge in [0, 0.05) is 15.7 Å². The molecule has 0 amide bonds. The summed E-state index contributed by atoms with van der Waals surface area (Å²) in [4.78, 5) is 0.977. The first kappa shape index (κ1) is 9.66. The van der Waals surface area contributed by atoms with E-state index in [-0.39, 0.29) is 0 Å². The zero-order chi connectivity index (χ0) is 9.42. The van der Waals surface area contributed by atoms with Gasteiger partial charge in [0.15, 0.2) is 0 Å². The van der Waals surface area contributed by atoms with Gasteiger partial charge in [-0.25, -0.2) is 0 Å². The molecule has 0 saturated heterocycles. The average Bonchev–Trinajstić information content (AvgIpc) is 2.07. The fraction of sp³-hybridized carbons (Fsp3) is 0.333. The van der Waals surface area contributed by atoms with E-state index in [0.29, 0.717) is 10.0 Å². The van der Waals surface area contributed by atoms with Gasteiger partial charge in [-0.3, -0.25) is 0 Å². The van der Waals surface area contributed by atoms with Gasteiger partial charge in [0.05, 0.1) is 11.1 Å². The lowest BCUT2D eigenvalue weighted by atomic mass is 10.1. The molecule has 0 fully saturated rings. The van der Waals surface area contributed by atoms with Crippen molar-refractivity contribution in [2.75, 3.05) is 5.75 Å². The highest BCUT2D eigenvalue weighted by atomic mass is 35.5. The third kappa shape index (κ3) is 1.82. The molecular formula is C9H8Cl2OS. The Morgan fingerprint density at radius 2 is 2.15 bits per heavy atom. The molecule has 70 valence electrons. The topological polar surface area (TPSA) is 20.2 Å². The minimum absolute atomic E-state index is 0.410. The van der Waals surface area contributed by atoms with Gasteiger partial charge in [0.2, 0.25) is 0 Å². The van der Waals surface area contributed by atoms with E-state index in [0.717, 1.165) is 22.6 Å². The van der Waals surface area contributed by atoms with Gasteiger partial charge < -0.3 is 5.11 Å². The predicted molar refractivity (Wildman–Crippen MR) is 56.8 cm³/mol. The second-order valence-electron chi connectivity index (χ2n) is 2.96. The summed E-state index contributed by atoms with van der Waals surface area (Å²) in [7, 11) is 0. The summed E-state index contributed by atoms with van der Waals surface area (Å²) < 4.78 is 0. The second kappa shape index (κ2) is 3.70. The molecule has 1 aliphatic rings. The molecule has 1 unspecified atom stereocenters. The smallest absolute Gasteiger partial charge is 0.0809 e. The normalized spacial score (nSPS) is 21.3. The fourth-order valence-corrected chi connectivity index (χ4v) is 3.18. The van der Waals surface area contributed by atoms with Crippen LogP contribution in [0.2, 0.25) is 10.0 Å². The highest BCUT2D eigenvalue weighted by Gasteiger charge is 2.21. The minimum atomic E-state index is -0.410. The Kier molecular flexibility index (Phi) is 2.75. The summed E-state index contributed by atoms with van der Waals surface area (Å²) in [5, 5.41) is 10.9. The first-order valence-corrected chi connectivity index (χ1v) is 5.72. The number of thioether (sulfide) groups is 1. The number of aliphatic hydroxyl groups is 1. The van der Waals surface area contributed by atoms with Crippen molar-refractivity contribution in [3.05, 3.63) is 27.7 Å². The van der Waals surface area contributed by atoms with Crippen LogP contribution >= 0.6 is 35.0 Å². The number of aliphatic hydroxyl groups excluding tert-OH is 1. The second-order valence-corrected chi connectivity index (χ2v) is 4.91. The molecule has 13 heavy (non-hydrogen) atoms. The summed E-state index contributed by atoms with van der Waals surface area (Å²) >= 11 is 13.5. The van der Waals surface area contributed by atoms with E-state index >= 15 is 0 Å². The molecule has 1 heterocycles. The molecule has 0 aliphatic carbocycles. The molecule has 0 radical (unpaired) electrons. The lowest BCUT2D eigenvalue weighted by Gasteiger charge is -2.21. The van der Waals surface area contributed by atoms with Gasteiger partial charge in [-0.1, -0.05) is 23.2 Å². The molecule has 1 aliphatic heterocycles. The van der Waals surface area contributed by atoms with Crippen molar-refractivity contribution in [3.63, 3.8) is 0 Å². The summed E-state index contributed by atoms with van der Waals surface area (Å²) in [5.41, 5.74) is 0.869. The molecule has 0 aromatic heterocycles. The van der Waals surface area contributed by atoms with Crippen LogP contribution in [-0.4, -0.2) is 10.9 Å².